The Morgan fingerprint density at radius 3 is 2.55 bits per heavy atom. The van der Waals surface area contributed by atoms with E-state index in [9.17, 15) is 14.9 Å². The summed E-state index contributed by atoms with van der Waals surface area (Å²) in [5.41, 5.74) is 1.14. The van der Waals surface area contributed by atoms with Gasteiger partial charge in [0, 0.05) is 5.56 Å². The van der Waals surface area contributed by atoms with Crippen molar-refractivity contribution in [3.05, 3.63) is 93.0 Å². The molecule has 7 nitrogen and oxygen atoms in total. The van der Waals surface area contributed by atoms with Crippen molar-refractivity contribution in [2.24, 2.45) is 0 Å². The topological polar surface area (TPSA) is 90.7 Å². The third kappa shape index (κ3) is 5.03. The highest BCUT2D eigenvalue weighted by atomic mass is 35.5. The molecule has 3 aromatic rings. The minimum absolute atomic E-state index is 0.108. The number of anilines is 1. The van der Waals surface area contributed by atoms with Crippen molar-refractivity contribution in [2.75, 3.05) is 12.4 Å². The van der Waals surface area contributed by atoms with Gasteiger partial charge in [0.05, 0.1) is 23.8 Å². The Bertz CT molecular complexity index is 1040. The second-order valence-corrected chi connectivity index (χ2v) is 6.42. The quantitative estimate of drug-likeness (QED) is 0.431. The van der Waals surface area contributed by atoms with Crippen LogP contribution in [0.5, 0.6) is 11.5 Å². The fraction of sp³-hybridized carbons (Fsp3) is 0.0952. The monoisotopic (exact) mass is 412 g/mol. The summed E-state index contributed by atoms with van der Waals surface area (Å²) >= 11 is 6.02. The zero-order valence-electron chi connectivity index (χ0n) is 15.4. The van der Waals surface area contributed by atoms with Gasteiger partial charge < -0.3 is 14.8 Å². The second-order valence-electron chi connectivity index (χ2n) is 6.02. The number of nitro benzene ring substituents is 1. The number of hydrogen-bond donors (Lipinski definition) is 1. The van der Waals surface area contributed by atoms with Gasteiger partial charge >= 0.3 is 0 Å². The van der Waals surface area contributed by atoms with Crippen molar-refractivity contribution in [2.45, 2.75) is 6.61 Å². The van der Waals surface area contributed by atoms with E-state index in [4.69, 9.17) is 21.1 Å². The van der Waals surface area contributed by atoms with Crippen molar-refractivity contribution in [3.63, 3.8) is 0 Å². The molecule has 8 heteroatoms. The maximum atomic E-state index is 12.6. The lowest BCUT2D eigenvalue weighted by Gasteiger charge is -2.14. The van der Waals surface area contributed by atoms with Crippen molar-refractivity contribution in [3.8, 4) is 11.5 Å². The van der Waals surface area contributed by atoms with Gasteiger partial charge in [-0.2, -0.15) is 0 Å². The highest BCUT2D eigenvalue weighted by Crippen LogP contribution is 2.36. The molecule has 0 saturated carbocycles. The third-order valence-corrected chi connectivity index (χ3v) is 4.37. The Labute approximate surface area is 172 Å². The molecule has 0 aliphatic rings. The standard InChI is InChI=1S/C21H17ClN2O5/c1-28-16-9-5-8-15(10-16)21(25)23-18-11-17(22)19(24(26)27)12-20(18)29-13-14-6-3-2-4-7-14/h2-12H,13H2,1H3,(H,23,25). The molecule has 0 heterocycles. The van der Waals surface area contributed by atoms with Crippen LogP contribution in [0.25, 0.3) is 0 Å². The van der Waals surface area contributed by atoms with Crippen LogP contribution in [0.2, 0.25) is 5.02 Å². The number of nitro groups is 1. The molecule has 0 aromatic heterocycles. The fourth-order valence-electron chi connectivity index (χ4n) is 2.59. The van der Waals surface area contributed by atoms with E-state index in [2.05, 4.69) is 5.32 Å². The van der Waals surface area contributed by atoms with E-state index >= 15 is 0 Å². The summed E-state index contributed by atoms with van der Waals surface area (Å²) in [7, 11) is 1.50. The van der Waals surface area contributed by atoms with Crippen LogP contribution in [0.4, 0.5) is 11.4 Å². The predicted octanol–water partition coefficient (Wildman–Crippen LogP) is 5.09. The minimum atomic E-state index is -0.606. The number of hydrogen-bond acceptors (Lipinski definition) is 5. The van der Waals surface area contributed by atoms with Gasteiger partial charge in [0.15, 0.2) is 0 Å². The van der Waals surface area contributed by atoms with Gasteiger partial charge in [-0.3, -0.25) is 14.9 Å². The minimum Gasteiger partial charge on any atom is -0.497 e. The van der Waals surface area contributed by atoms with E-state index in [-0.39, 0.29) is 28.8 Å². The Morgan fingerprint density at radius 1 is 1.10 bits per heavy atom. The maximum absolute atomic E-state index is 12.6. The number of carbonyl (C=O) groups is 1. The van der Waals surface area contributed by atoms with Crippen LogP contribution in [-0.4, -0.2) is 17.9 Å². The first kappa shape index (κ1) is 20.2. The van der Waals surface area contributed by atoms with E-state index in [0.29, 0.717) is 11.3 Å². The summed E-state index contributed by atoms with van der Waals surface area (Å²) in [5, 5.41) is 13.8. The summed E-state index contributed by atoms with van der Waals surface area (Å²) < 4.78 is 10.9. The molecule has 0 atom stereocenters. The molecular formula is C21H17ClN2O5. The Hall–Kier alpha value is -3.58. The summed E-state index contributed by atoms with van der Waals surface area (Å²) in [6, 6.07) is 18.4. The van der Waals surface area contributed by atoms with Crippen molar-refractivity contribution in [1.29, 1.82) is 0 Å². The zero-order valence-corrected chi connectivity index (χ0v) is 16.2. The summed E-state index contributed by atoms with van der Waals surface area (Å²) in [5.74, 6) is 0.236. The van der Waals surface area contributed by atoms with Gasteiger partial charge in [-0.25, -0.2) is 0 Å². The molecular weight excluding hydrogens is 396 g/mol. The number of nitrogens with zero attached hydrogens (tertiary/aromatic N) is 1. The van der Waals surface area contributed by atoms with Gasteiger partial charge in [0.2, 0.25) is 0 Å². The molecule has 0 aliphatic carbocycles. The smallest absolute Gasteiger partial charge is 0.291 e. The number of methoxy groups -OCH3 is 1. The summed E-state index contributed by atoms with van der Waals surface area (Å²) in [6.45, 7) is 0.168. The molecule has 0 radical (unpaired) electrons. The predicted molar refractivity (Wildman–Crippen MR) is 110 cm³/mol. The highest BCUT2D eigenvalue weighted by molar-refractivity contribution is 6.33. The van der Waals surface area contributed by atoms with Crippen LogP contribution < -0.4 is 14.8 Å². The molecule has 1 amide bonds. The van der Waals surface area contributed by atoms with Gasteiger partial charge in [-0.05, 0) is 29.8 Å². The largest absolute Gasteiger partial charge is 0.497 e. The average Bonchev–Trinajstić information content (AvgIpc) is 2.73. The molecule has 3 aromatic carbocycles. The zero-order chi connectivity index (χ0) is 20.8. The molecule has 0 fully saturated rings. The first-order valence-electron chi connectivity index (χ1n) is 8.58. The number of benzene rings is 3. The van der Waals surface area contributed by atoms with Gasteiger partial charge in [-0.1, -0.05) is 48.0 Å². The Morgan fingerprint density at radius 2 is 1.86 bits per heavy atom. The molecule has 0 bridgehead atoms. The van der Waals surface area contributed by atoms with Gasteiger partial charge in [0.1, 0.15) is 23.1 Å². The van der Waals surface area contributed by atoms with Crippen LogP contribution in [0.1, 0.15) is 15.9 Å². The van der Waals surface area contributed by atoms with E-state index in [1.165, 1.54) is 19.2 Å². The molecule has 0 unspecified atom stereocenters. The molecule has 0 saturated heterocycles. The van der Waals surface area contributed by atoms with E-state index < -0.39 is 10.8 Å². The van der Waals surface area contributed by atoms with Gasteiger partial charge in [-0.15, -0.1) is 0 Å². The maximum Gasteiger partial charge on any atom is 0.291 e. The molecule has 1 N–H and O–H groups in total. The van der Waals surface area contributed by atoms with Crippen molar-refractivity contribution < 1.29 is 19.2 Å². The fourth-order valence-corrected chi connectivity index (χ4v) is 2.83. The lowest BCUT2D eigenvalue weighted by molar-refractivity contribution is -0.384. The molecule has 0 spiro atoms. The summed E-state index contributed by atoms with van der Waals surface area (Å²) in [6.07, 6.45) is 0. The number of amides is 1. The van der Waals surface area contributed by atoms with Crippen LogP contribution in [0.3, 0.4) is 0 Å². The number of halogens is 1. The molecule has 0 aliphatic heterocycles. The Balaban J connectivity index is 1.90. The highest BCUT2D eigenvalue weighted by Gasteiger charge is 2.20. The first-order valence-corrected chi connectivity index (χ1v) is 8.96. The SMILES string of the molecule is COc1cccc(C(=O)Nc2cc(Cl)c([N+](=O)[O-])cc2OCc2ccccc2)c1. The van der Waals surface area contributed by atoms with E-state index in [1.54, 1.807) is 24.3 Å². The van der Waals surface area contributed by atoms with E-state index in [1.807, 2.05) is 30.3 Å². The lowest BCUT2D eigenvalue weighted by Crippen LogP contribution is -2.13. The number of ether oxygens (including phenoxy) is 2. The number of nitrogens with one attached hydrogen (secondary N) is 1. The van der Waals surface area contributed by atoms with E-state index in [0.717, 1.165) is 5.56 Å². The van der Waals surface area contributed by atoms with Crippen molar-refractivity contribution >= 4 is 28.9 Å². The van der Waals surface area contributed by atoms with Crippen LogP contribution in [0, 0.1) is 10.1 Å². The number of carbonyl (C=O) groups excluding carboxylic acids is 1. The van der Waals surface area contributed by atoms with Crippen LogP contribution in [-0.2, 0) is 6.61 Å². The average molecular weight is 413 g/mol. The van der Waals surface area contributed by atoms with Crippen LogP contribution in [0.15, 0.2) is 66.7 Å². The first-order chi connectivity index (χ1) is 14.0. The van der Waals surface area contributed by atoms with Crippen molar-refractivity contribution in [1.82, 2.24) is 0 Å². The van der Waals surface area contributed by atoms with Crippen LogP contribution >= 0.6 is 11.6 Å². The lowest BCUT2D eigenvalue weighted by atomic mass is 10.2. The molecule has 29 heavy (non-hydrogen) atoms. The molecule has 148 valence electrons. The Kier molecular flexibility index (Phi) is 6.31. The third-order valence-electron chi connectivity index (χ3n) is 4.06. The second kappa shape index (κ2) is 9.07. The molecule has 3 rings (SSSR count). The normalized spacial score (nSPS) is 10.3. The summed E-state index contributed by atoms with van der Waals surface area (Å²) in [4.78, 5) is 23.3. The number of rotatable bonds is 7. The van der Waals surface area contributed by atoms with Gasteiger partial charge in [0.25, 0.3) is 11.6 Å².